The highest BCUT2D eigenvalue weighted by molar-refractivity contribution is 7.92. The molecule has 5 nitrogen and oxygen atoms in total. The molecule has 0 radical (unpaired) electrons. The second kappa shape index (κ2) is 8.71. The molecular weight excluding hydrogens is 372 g/mol. The summed E-state index contributed by atoms with van der Waals surface area (Å²) in [7, 11) is -3.34. The zero-order valence-corrected chi connectivity index (χ0v) is 16.3. The molecule has 28 heavy (non-hydrogen) atoms. The fraction of sp³-hybridized carbons (Fsp3) is 0.136. The van der Waals surface area contributed by atoms with Gasteiger partial charge in [-0.15, -0.1) is 0 Å². The average Bonchev–Trinajstić information content (AvgIpc) is 2.69. The highest BCUT2D eigenvalue weighted by Gasteiger charge is 2.16. The van der Waals surface area contributed by atoms with Crippen molar-refractivity contribution >= 4 is 21.6 Å². The predicted octanol–water partition coefficient (Wildman–Crippen LogP) is 3.62. The first-order valence-electron chi connectivity index (χ1n) is 8.88. The first-order valence-corrected chi connectivity index (χ1v) is 10.8. The van der Waals surface area contributed by atoms with Crippen LogP contribution >= 0.6 is 0 Å². The molecule has 0 atom stereocenters. The first kappa shape index (κ1) is 19.6. The molecule has 0 spiro atoms. The Morgan fingerprint density at radius 2 is 1.32 bits per heavy atom. The standard InChI is InChI=1S/C22H22N2O3S/c1-28(26,27)24-20-14-12-19(13-15-20)22(25)23-16-21(17-8-4-2-5-9-17)18-10-6-3-7-11-18/h2-15,21,24H,16H2,1H3,(H,23,25). The zero-order valence-electron chi connectivity index (χ0n) is 15.5. The SMILES string of the molecule is CS(=O)(=O)Nc1ccc(C(=O)NCC(c2ccccc2)c2ccccc2)cc1. The molecule has 3 aromatic rings. The number of amides is 1. The number of anilines is 1. The van der Waals surface area contributed by atoms with Crippen molar-refractivity contribution in [3.8, 4) is 0 Å². The van der Waals surface area contributed by atoms with Crippen molar-refractivity contribution in [1.82, 2.24) is 5.32 Å². The van der Waals surface area contributed by atoms with Crippen LogP contribution in [0.5, 0.6) is 0 Å². The van der Waals surface area contributed by atoms with Crippen molar-refractivity contribution in [2.24, 2.45) is 0 Å². The Balaban J connectivity index is 1.72. The molecular formula is C22H22N2O3S. The van der Waals surface area contributed by atoms with Gasteiger partial charge in [-0.1, -0.05) is 60.7 Å². The number of nitrogens with one attached hydrogen (secondary N) is 2. The lowest BCUT2D eigenvalue weighted by Crippen LogP contribution is -2.29. The largest absolute Gasteiger partial charge is 0.351 e. The van der Waals surface area contributed by atoms with Crippen LogP contribution < -0.4 is 10.0 Å². The van der Waals surface area contributed by atoms with Gasteiger partial charge in [-0.3, -0.25) is 9.52 Å². The fourth-order valence-electron chi connectivity index (χ4n) is 3.00. The number of rotatable bonds is 7. The van der Waals surface area contributed by atoms with Gasteiger partial charge in [0.05, 0.1) is 6.26 Å². The Labute approximate surface area is 165 Å². The van der Waals surface area contributed by atoms with E-state index in [2.05, 4.69) is 34.3 Å². The van der Waals surface area contributed by atoms with Crippen LogP contribution in [0.15, 0.2) is 84.9 Å². The summed E-state index contributed by atoms with van der Waals surface area (Å²) in [4.78, 5) is 12.6. The molecule has 2 N–H and O–H groups in total. The molecule has 0 unspecified atom stereocenters. The lowest BCUT2D eigenvalue weighted by atomic mass is 9.91. The average molecular weight is 394 g/mol. The minimum Gasteiger partial charge on any atom is -0.351 e. The van der Waals surface area contributed by atoms with E-state index in [0.717, 1.165) is 17.4 Å². The molecule has 0 aliphatic carbocycles. The Morgan fingerprint density at radius 3 is 1.79 bits per heavy atom. The number of hydrogen-bond acceptors (Lipinski definition) is 3. The van der Waals surface area contributed by atoms with Gasteiger partial charge in [0.15, 0.2) is 0 Å². The molecule has 6 heteroatoms. The van der Waals surface area contributed by atoms with Gasteiger partial charge >= 0.3 is 0 Å². The molecule has 0 aliphatic heterocycles. The van der Waals surface area contributed by atoms with Crippen LogP contribution in [0.25, 0.3) is 0 Å². The zero-order chi connectivity index (χ0) is 20.0. The highest BCUT2D eigenvalue weighted by Crippen LogP contribution is 2.23. The summed E-state index contributed by atoms with van der Waals surface area (Å²) in [5.41, 5.74) is 3.15. The van der Waals surface area contributed by atoms with Crippen LogP contribution in [-0.4, -0.2) is 27.1 Å². The van der Waals surface area contributed by atoms with Crippen LogP contribution in [0.2, 0.25) is 0 Å². The van der Waals surface area contributed by atoms with E-state index in [0.29, 0.717) is 17.8 Å². The molecule has 1 amide bonds. The number of benzene rings is 3. The van der Waals surface area contributed by atoms with Crippen LogP contribution in [0.1, 0.15) is 27.4 Å². The van der Waals surface area contributed by atoms with Crippen molar-refractivity contribution in [2.45, 2.75) is 5.92 Å². The summed E-state index contributed by atoms with van der Waals surface area (Å²) in [6.45, 7) is 0.455. The monoisotopic (exact) mass is 394 g/mol. The van der Waals surface area contributed by atoms with Crippen molar-refractivity contribution in [1.29, 1.82) is 0 Å². The summed E-state index contributed by atoms with van der Waals surface area (Å²) in [5, 5.41) is 2.99. The van der Waals surface area contributed by atoms with Crippen LogP contribution in [0, 0.1) is 0 Å². The van der Waals surface area contributed by atoms with Crippen molar-refractivity contribution in [3.63, 3.8) is 0 Å². The van der Waals surface area contributed by atoms with Gasteiger partial charge in [0, 0.05) is 23.7 Å². The summed E-state index contributed by atoms with van der Waals surface area (Å²) < 4.78 is 24.9. The van der Waals surface area contributed by atoms with Crippen molar-refractivity contribution in [3.05, 3.63) is 102 Å². The van der Waals surface area contributed by atoms with Crippen molar-refractivity contribution in [2.75, 3.05) is 17.5 Å². The molecule has 144 valence electrons. The van der Waals surface area contributed by atoms with Gasteiger partial charge in [0.1, 0.15) is 0 Å². The molecule has 0 bridgehead atoms. The topological polar surface area (TPSA) is 75.3 Å². The number of carbonyl (C=O) groups is 1. The van der Waals surface area contributed by atoms with E-state index in [9.17, 15) is 13.2 Å². The minimum atomic E-state index is -3.34. The Kier molecular flexibility index (Phi) is 6.11. The predicted molar refractivity (Wildman–Crippen MR) is 112 cm³/mol. The minimum absolute atomic E-state index is 0.0394. The second-order valence-electron chi connectivity index (χ2n) is 6.54. The Bertz CT molecular complexity index is 979. The van der Waals surface area contributed by atoms with Crippen LogP contribution in [0.4, 0.5) is 5.69 Å². The Hall–Kier alpha value is -3.12. The van der Waals surface area contributed by atoms with E-state index in [1.807, 2.05) is 36.4 Å². The van der Waals surface area contributed by atoms with Crippen LogP contribution in [-0.2, 0) is 10.0 Å². The van der Waals surface area contributed by atoms with E-state index >= 15 is 0 Å². The highest BCUT2D eigenvalue weighted by atomic mass is 32.2. The summed E-state index contributed by atoms with van der Waals surface area (Å²) >= 11 is 0. The molecule has 3 rings (SSSR count). The maximum absolute atomic E-state index is 12.6. The van der Waals surface area contributed by atoms with E-state index in [4.69, 9.17) is 0 Å². The van der Waals surface area contributed by atoms with E-state index in [1.54, 1.807) is 24.3 Å². The lowest BCUT2D eigenvalue weighted by molar-refractivity contribution is 0.0952. The van der Waals surface area contributed by atoms with Gasteiger partial charge in [-0.2, -0.15) is 0 Å². The molecule has 0 saturated heterocycles. The third kappa shape index (κ3) is 5.44. The van der Waals surface area contributed by atoms with Crippen LogP contribution in [0.3, 0.4) is 0 Å². The fourth-order valence-corrected chi connectivity index (χ4v) is 3.56. The molecule has 0 heterocycles. The first-order chi connectivity index (χ1) is 13.4. The smallest absolute Gasteiger partial charge is 0.251 e. The maximum Gasteiger partial charge on any atom is 0.251 e. The normalized spacial score (nSPS) is 11.2. The number of carbonyl (C=O) groups excluding carboxylic acids is 1. The van der Waals surface area contributed by atoms with Gasteiger partial charge in [-0.25, -0.2) is 8.42 Å². The lowest BCUT2D eigenvalue weighted by Gasteiger charge is -2.19. The maximum atomic E-state index is 12.6. The third-order valence-corrected chi connectivity index (χ3v) is 4.93. The van der Waals surface area contributed by atoms with Gasteiger partial charge in [0.25, 0.3) is 5.91 Å². The number of sulfonamides is 1. The van der Waals surface area contributed by atoms with Gasteiger partial charge < -0.3 is 5.32 Å². The molecule has 0 aromatic heterocycles. The Morgan fingerprint density at radius 1 is 0.821 bits per heavy atom. The molecule has 0 saturated carbocycles. The van der Waals surface area contributed by atoms with Crippen molar-refractivity contribution < 1.29 is 13.2 Å². The molecule has 0 fully saturated rings. The summed E-state index contributed by atoms with van der Waals surface area (Å²) in [6.07, 6.45) is 1.08. The van der Waals surface area contributed by atoms with Gasteiger partial charge in [-0.05, 0) is 35.4 Å². The van der Waals surface area contributed by atoms with E-state index in [1.165, 1.54) is 0 Å². The quantitative estimate of drug-likeness (QED) is 0.643. The number of hydrogen-bond donors (Lipinski definition) is 2. The third-order valence-electron chi connectivity index (χ3n) is 4.32. The van der Waals surface area contributed by atoms with Gasteiger partial charge in [0.2, 0.25) is 10.0 Å². The molecule has 3 aromatic carbocycles. The van der Waals surface area contributed by atoms with E-state index < -0.39 is 10.0 Å². The molecule has 0 aliphatic rings. The second-order valence-corrected chi connectivity index (χ2v) is 8.28. The summed E-state index contributed by atoms with van der Waals surface area (Å²) in [6, 6.07) is 26.4. The summed E-state index contributed by atoms with van der Waals surface area (Å²) in [5.74, 6) is -0.166. The van der Waals surface area contributed by atoms with E-state index in [-0.39, 0.29) is 11.8 Å².